The Morgan fingerprint density at radius 3 is 2.86 bits per heavy atom. The first kappa shape index (κ1) is 19.4. The molecule has 2 fully saturated rings. The highest BCUT2D eigenvalue weighted by Crippen LogP contribution is 2.33. The third-order valence-electron chi connectivity index (χ3n) is 5.19. The molecule has 0 radical (unpaired) electrons. The van der Waals surface area contributed by atoms with Crippen LogP contribution in [0.4, 0.5) is 0 Å². The molecule has 2 unspecified atom stereocenters. The summed E-state index contributed by atoms with van der Waals surface area (Å²) in [5.74, 6) is -1.12. The first-order valence-corrected chi connectivity index (χ1v) is 9.97. The largest absolute Gasteiger partial charge is 0.494 e. The maximum atomic E-state index is 13.0. The van der Waals surface area contributed by atoms with E-state index in [1.807, 2.05) is 26.0 Å². The highest BCUT2D eigenvalue weighted by molar-refractivity contribution is 6.19. The van der Waals surface area contributed by atoms with Crippen LogP contribution >= 0.6 is 0 Å². The number of nitrogens with zero attached hydrogens (tertiary/aromatic N) is 4. The molecule has 9 heteroatoms. The average molecular weight is 398 g/mol. The third kappa shape index (κ3) is 3.95. The van der Waals surface area contributed by atoms with Gasteiger partial charge in [-0.15, -0.1) is 0 Å². The van der Waals surface area contributed by atoms with Crippen molar-refractivity contribution in [2.75, 3.05) is 13.1 Å². The molecule has 4 rings (SSSR count). The van der Waals surface area contributed by atoms with Crippen molar-refractivity contribution in [3.63, 3.8) is 0 Å². The van der Waals surface area contributed by atoms with Gasteiger partial charge in [-0.3, -0.25) is 19.6 Å². The summed E-state index contributed by atoms with van der Waals surface area (Å²) >= 11 is 0. The summed E-state index contributed by atoms with van der Waals surface area (Å²) in [7, 11) is 0. The second kappa shape index (κ2) is 7.82. The molecule has 2 amide bonds. The molecule has 2 atom stereocenters. The fourth-order valence-electron chi connectivity index (χ4n) is 3.70. The lowest BCUT2D eigenvalue weighted by Crippen LogP contribution is -2.59. The minimum Gasteiger partial charge on any atom is -0.494 e. The van der Waals surface area contributed by atoms with Crippen molar-refractivity contribution < 1.29 is 14.7 Å². The Morgan fingerprint density at radius 1 is 1.41 bits per heavy atom. The molecule has 2 aliphatic heterocycles. The molecule has 0 bridgehead atoms. The first-order chi connectivity index (χ1) is 14.0. The molecule has 1 aromatic heterocycles. The van der Waals surface area contributed by atoms with Crippen molar-refractivity contribution in [1.82, 2.24) is 30.6 Å². The van der Waals surface area contributed by atoms with Gasteiger partial charge in [0.2, 0.25) is 5.88 Å². The van der Waals surface area contributed by atoms with E-state index in [1.54, 1.807) is 23.5 Å². The molecule has 154 valence electrons. The smallest absolute Gasteiger partial charge is 0.280 e. The minimum atomic E-state index is -0.512. The van der Waals surface area contributed by atoms with E-state index in [-0.39, 0.29) is 29.3 Å². The van der Waals surface area contributed by atoms with Crippen molar-refractivity contribution >= 4 is 17.9 Å². The summed E-state index contributed by atoms with van der Waals surface area (Å²) in [5.41, 5.74) is 3.62. The molecule has 1 saturated heterocycles. The van der Waals surface area contributed by atoms with Gasteiger partial charge in [-0.2, -0.15) is 0 Å². The fourth-order valence-corrected chi connectivity index (χ4v) is 3.70. The molecule has 1 aromatic rings. The second-order valence-corrected chi connectivity index (χ2v) is 8.10. The number of aromatic nitrogens is 2. The van der Waals surface area contributed by atoms with E-state index in [1.165, 1.54) is 5.01 Å². The van der Waals surface area contributed by atoms with Crippen LogP contribution in [0.2, 0.25) is 0 Å². The normalized spacial score (nSPS) is 24.6. The number of aliphatic hydroxyl groups excluding tert-OH is 1. The van der Waals surface area contributed by atoms with Crippen molar-refractivity contribution in [1.29, 1.82) is 0 Å². The van der Waals surface area contributed by atoms with E-state index in [0.717, 1.165) is 12.8 Å². The van der Waals surface area contributed by atoms with Crippen LogP contribution in [0.25, 0.3) is 6.08 Å². The van der Waals surface area contributed by atoms with Crippen LogP contribution in [0.1, 0.15) is 32.4 Å². The van der Waals surface area contributed by atoms with Gasteiger partial charge in [-0.1, -0.05) is 19.9 Å². The predicted molar refractivity (Wildman–Crippen MR) is 106 cm³/mol. The molecule has 29 heavy (non-hydrogen) atoms. The van der Waals surface area contributed by atoms with Crippen molar-refractivity contribution in [2.24, 2.45) is 11.8 Å². The predicted octanol–water partition coefficient (Wildman–Crippen LogP) is 0.799. The van der Waals surface area contributed by atoms with Crippen LogP contribution in [-0.2, 0) is 9.59 Å². The monoisotopic (exact) mass is 398 g/mol. The van der Waals surface area contributed by atoms with Crippen LogP contribution < -0.4 is 10.7 Å². The molecule has 1 saturated carbocycles. The van der Waals surface area contributed by atoms with Gasteiger partial charge in [-0.05, 0) is 24.8 Å². The molecular formula is C20H26N6O3. The van der Waals surface area contributed by atoms with Gasteiger partial charge in [0, 0.05) is 37.4 Å². The Kier molecular flexibility index (Phi) is 5.23. The Morgan fingerprint density at radius 2 is 2.21 bits per heavy atom. The fraction of sp³-hybridized carbons (Fsp3) is 0.500. The zero-order valence-corrected chi connectivity index (χ0v) is 16.6. The molecule has 9 nitrogen and oxygen atoms in total. The SMILES string of the molecule is CC(C)CN1C(O)=C(C(=O)NC2CC2)C(=O)N2NCC(/C=C/c3cnccn3)C12. The maximum Gasteiger partial charge on any atom is 0.280 e. The number of fused-ring (bicyclic) bond motifs is 1. The van der Waals surface area contributed by atoms with Gasteiger partial charge >= 0.3 is 0 Å². The van der Waals surface area contributed by atoms with E-state index in [4.69, 9.17) is 0 Å². The number of nitrogens with one attached hydrogen (secondary N) is 2. The number of aliphatic hydroxyl groups is 1. The number of hydrogen-bond donors (Lipinski definition) is 3. The number of hydrogen-bond acceptors (Lipinski definition) is 7. The van der Waals surface area contributed by atoms with Crippen molar-refractivity contribution in [3.05, 3.63) is 41.8 Å². The number of hydrazine groups is 1. The summed E-state index contributed by atoms with van der Waals surface area (Å²) in [6, 6.07) is 0.0982. The number of rotatable bonds is 6. The zero-order valence-electron chi connectivity index (χ0n) is 16.6. The zero-order chi connectivity index (χ0) is 20.5. The van der Waals surface area contributed by atoms with Crippen molar-refractivity contribution in [2.45, 2.75) is 38.9 Å². The Bertz CT molecular complexity index is 849. The van der Waals surface area contributed by atoms with E-state index in [9.17, 15) is 14.7 Å². The molecule has 3 N–H and O–H groups in total. The van der Waals surface area contributed by atoms with Crippen LogP contribution in [0.5, 0.6) is 0 Å². The number of amides is 2. The third-order valence-corrected chi connectivity index (χ3v) is 5.19. The van der Waals surface area contributed by atoms with Gasteiger partial charge in [0.15, 0.2) is 5.57 Å². The lowest BCUT2D eigenvalue weighted by atomic mass is 10.0. The molecule has 0 aromatic carbocycles. The lowest BCUT2D eigenvalue weighted by Gasteiger charge is -2.42. The van der Waals surface area contributed by atoms with Gasteiger partial charge in [0.25, 0.3) is 11.8 Å². The maximum absolute atomic E-state index is 13.0. The van der Waals surface area contributed by atoms with Crippen molar-refractivity contribution in [3.8, 4) is 0 Å². The molecular weight excluding hydrogens is 372 g/mol. The molecule has 1 aliphatic carbocycles. The van der Waals surface area contributed by atoms with E-state index >= 15 is 0 Å². The highest BCUT2D eigenvalue weighted by atomic mass is 16.3. The van der Waals surface area contributed by atoms with Gasteiger partial charge in [-0.25, -0.2) is 10.4 Å². The summed E-state index contributed by atoms with van der Waals surface area (Å²) in [6.07, 6.45) is 10.1. The topological polar surface area (TPSA) is 111 Å². The Hall–Kier alpha value is -2.94. The van der Waals surface area contributed by atoms with Crippen LogP contribution in [-0.4, -0.2) is 62.1 Å². The van der Waals surface area contributed by atoms with Crippen LogP contribution in [0.15, 0.2) is 36.1 Å². The minimum absolute atomic E-state index is 0.0881. The Balaban J connectivity index is 1.64. The summed E-state index contributed by atoms with van der Waals surface area (Å²) in [5, 5.41) is 15.2. The van der Waals surface area contributed by atoms with Crippen LogP contribution in [0.3, 0.4) is 0 Å². The lowest BCUT2D eigenvalue weighted by molar-refractivity contribution is -0.142. The molecule has 3 aliphatic rings. The number of carbonyl (C=O) groups excluding carboxylic acids is 2. The number of carbonyl (C=O) groups is 2. The standard InChI is InChI=1S/C20H26N6O3/c1-12(2)11-25-18-13(3-4-15-10-21-7-8-22-15)9-23-26(18)20(29)16(19(25)28)17(27)24-14-5-6-14/h3-4,7-8,10,12-14,18,23,28H,5-6,9,11H2,1-2H3,(H,24,27)/b4-3+. The molecule has 0 spiro atoms. The second-order valence-electron chi connectivity index (χ2n) is 8.10. The van der Waals surface area contributed by atoms with E-state index in [0.29, 0.717) is 18.8 Å². The summed E-state index contributed by atoms with van der Waals surface area (Å²) in [6.45, 7) is 5.08. The average Bonchev–Trinajstić information content (AvgIpc) is 3.40. The van der Waals surface area contributed by atoms with Gasteiger partial charge in [0.05, 0.1) is 11.9 Å². The summed E-state index contributed by atoms with van der Waals surface area (Å²) in [4.78, 5) is 35.7. The molecule has 3 heterocycles. The first-order valence-electron chi connectivity index (χ1n) is 9.97. The van der Waals surface area contributed by atoms with E-state index in [2.05, 4.69) is 20.7 Å². The Labute approximate surface area is 169 Å². The highest BCUT2D eigenvalue weighted by Gasteiger charge is 2.49. The van der Waals surface area contributed by atoms with E-state index < -0.39 is 18.0 Å². The van der Waals surface area contributed by atoms with Crippen LogP contribution in [0, 0.1) is 11.8 Å². The summed E-state index contributed by atoms with van der Waals surface area (Å²) < 4.78 is 0. The quantitative estimate of drug-likeness (QED) is 0.608. The van der Waals surface area contributed by atoms with Gasteiger partial charge < -0.3 is 15.3 Å². The van der Waals surface area contributed by atoms with Gasteiger partial charge in [0.1, 0.15) is 6.17 Å².